The monoisotopic (exact) mass is 435 g/mol. The highest BCUT2D eigenvalue weighted by molar-refractivity contribution is 5.52. The average molecular weight is 435 g/mol. The highest BCUT2D eigenvalue weighted by Gasteiger charge is 2.29. The van der Waals surface area contributed by atoms with Gasteiger partial charge in [0.15, 0.2) is 6.61 Å². The fourth-order valence-electron chi connectivity index (χ4n) is 2.83. The molecule has 0 atom stereocenters. The minimum Gasteiger partial charge on any atom is -0.494 e. The quantitative estimate of drug-likeness (QED) is 0.631. The third-order valence-corrected chi connectivity index (χ3v) is 4.29. The Morgan fingerprint density at radius 2 is 1.87 bits per heavy atom. The minimum absolute atomic E-state index is 0.0408. The van der Waals surface area contributed by atoms with Crippen molar-refractivity contribution in [3.8, 4) is 11.8 Å². The van der Waals surface area contributed by atoms with Gasteiger partial charge in [-0.15, -0.1) is 0 Å². The summed E-state index contributed by atoms with van der Waals surface area (Å²) >= 11 is 0. The number of benzene rings is 1. The van der Waals surface area contributed by atoms with E-state index in [9.17, 15) is 13.2 Å². The number of aryl methyl sites for hydroxylation is 1. The number of alkyl halides is 3. The summed E-state index contributed by atoms with van der Waals surface area (Å²) in [7, 11) is 0. The Bertz CT molecular complexity index is 1010. The van der Waals surface area contributed by atoms with E-state index in [1.165, 1.54) is 0 Å². The van der Waals surface area contributed by atoms with Crippen molar-refractivity contribution in [1.82, 2.24) is 24.7 Å². The Labute approximate surface area is 175 Å². The van der Waals surface area contributed by atoms with Gasteiger partial charge >= 0.3 is 12.2 Å². The van der Waals surface area contributed by atoms with Crippen LogP contribution < -0.4 is 20.1 Å². The number of anilines is 3. The predicted octanol–water partition coefficient (Wildman–Crippen LogP) is 3.54. The van der Waals surface area contributed by atoms with Crippen LogP contribution in [0.5, 0.6) is 11.8 Å². The molecule has 2 aliphatic rings. The third kappa shape index (κ3) is 6.20. The van der Waals surface area contributed by atoms with Crippen LogP contribution in [0.3, 0.4) is 0 Å². The van der Waals surface area contributed by atoms with E-state index in [1.54, 1.807) is 17.1 Å². The maximum Gasteiger partial charge on any atom is 0.422 e. The molecular formula is C19H20F3N7O2. The Morgan fingerprint density at radius 1 is 1.06 bits per heavy atom. The molecule has 4 heterocycles. The summed E-state index contributed by atoms with van der Waals surface area (Å²) in [4.78, 5) is 12.1. The molecule has 12 heteroatoms. The average Bonchev–Trinajstić information content (AvgIpc) is 3.17. The second kappa shape index (κ2) is 9.06. The smallest absolute Gasteiger partial charge is 0.422 e. The first kappa shape index (κ1) is 20.7. The first-order valence-electron chi connectivity index (χ1n) is 9.64. The Hall–Kier alpha value is -3.57. The summed E-state index contributed by atoms with van der Waals surface area (Å²) in [6, 6.07) is 7.05. The van der Waals surface area contributed by atoms with Crippen LogP contribution >= 0.6 is 0 Å². The fourth-order valence-corrected chi connectivity index (χ4v) is 2.83. The number of hydrogen-bond donors (Lipinski definition) is 2. The molecule has 6 bridgehead atoms. The normalized spacial score (nSPS) is 14.5. The van der Waals surface area contributed by atoms with Crippen LogP contribution in [0.25, 0.3) is 0 Å². The van der Waals surface area contributed by atoms with Crippen LogP contribution in [0.1, 0.15) is 18.4 Å². The summed E-state index contributed by atoms with van der Waals surface area (Å²) in [5, 5.41) is 10.2. The fraction of sp³-hybridized carbons (Fsp3) is 0.368. The summed E-state index contributed by atoms with van der Waals surface area (Å²) < 4.78 is 49.9. The van der Waals surface area contributed by atoms with Gasteiger partial charge in [0.2, 0.25) is 11.9 Å². The third-order valence-electron chi connectivity index (χ3n) is 4.29. The number of nitrogens with zero attached hydrogens (tertiary/aromatic N) is 5. The number of nitrogens with one attached hydrogen (secondary N) is 2. The van der Waals surface area contributed by atoms with Crippen molar-refractivity contribution >= 4 is 17.6 Å². The lowest BCUT2D eigenvalue weighted by atomic mass is 10.2. The second-order valence-electron chi connectivity index (χ2n) is 6.84. The zero-order valence-electron chi connectivity index (χ0n) is 16.4. The summed E-state index contributed by atoms with van der Waals surface area (Å²) in [6.07, 6.45) is 0.563. The predicted molar refractivity (Wildman–Crippen MR) is 105 cm³/mol. The van der Waals surface area contributed by atoms with Gasteiger partial charge in [-0.05, 0) is 30.5 Å². The van der Waals surface area contributed by atoms with Gasteiger partial charge in [-0.25, -0.2) is 0 Å². The Morgan fingerprint density at radius 3 is 2.68 bits per heavy atom. The largest absolute Gasteiger partial charge is 0.494 e. The first-order chi connectivity index (χ1) is 14.9. The molecule has 1 aromatic carbocycles. The maximum atomic E-state index is 12.6. The number of fused-ring (bicyclic) bond motifs is 7. The van der Waals surface area contributed by atoms with E-state index in [0.717, 1.165) is 24.2 Å². The van der Waals surface area contributed by atoms with E-state index in [1.807, 2.05) is 24.3 Å². The Kier molecular flexibility index (Phi) is 6.05. The van der Waals surface area contributed by atoms with E-state index in [-0.39, 0.29) is 11.9 Å². The van der Waals surface area contributed by atoms with Crippen molar-refractivity contribution in [1.29, 1.82) is 0 Å². The number of ether oxygens (including phenoxy) is 2. The SMILES string of the molecule is FC(F)(F)COc1nc2nc(n1)Nc1cnn(c1)CCCCOc1ccc(cc1)CN2. The van der Waals surface area contributed by atoms with Gasteiger partial charge in [-0.3, -0.25) is 4.68 Å². The van der Waals surface area contributed by atoms with Gasteiger partial charge in [0.25, 0.3) is 0 Å². The Balaban J connectivity index is 1.59. The van der Waals surface area contributed by atoms with Crippen molar-refractivity contribution in [2.24, 2.45) is 0 Å². The second-order valence-corrected chi connectivity index (χ2v) is 6.84. The lowest BCUT2D eigenvalue weighted by molar-refractivity contribution is -0.154. The van der Waals surface area contributed by atoms with Crippen molar-refractivity contribution in [3.63, 3.8) is 0 Å². The van der Waals surface area contributed by atoms with Crippen LogP contribution in [-0.4, -0.2) is 44.1 Å². The molecule has 5 rings (SSSR count). The number of hydrogen-bond acceptors (Lipinski definition) is 8. The lowest BCUT2D eigenvalue weighted by Gasteiger charge is -2.12. The molecule has 0 aliphatic carbocycles. The number of halogens is 3. The van der Waals surface area contributed by atoms with Crippen molar-refractivity contribution < 1.29 is 22.6 Å². The molecule has 31 heavy (non-hydrogen) atoms. The van der Waals surface area contributed by atoms with E-state index >= 15 is 0 Å². The maximum absolute atomic E-state index is 12.6. The van der Waals surface area contributed by atoms with Crippen molar-refractivity contribution in [2.45, 2.75) is 32.1 Å². The molecule has 2 aliphatic heterocycles. The highest BCUT2D eigenvalue weighted by Crippen LogP contribution is 2.21. The highest BCUT2D eigenvalue weighted by atomic mass is 19.4. The zero-order valence-corrected chi connectivity index (χ0v) is 16.4. The zero-order chi connectivity index (χ0) is 21.7. The van der Waals surface area contributed by atoms with Gasteiger partial charge in [0.05, 0.1) is 18.5 Å². The molecule has 0 fully saturated rings. The topological polar surface area (TPSA) is 99.0 Å². The summed E-state index contributed by atoms with van der Waals surface area (Å²) in [6.45, 7) is 0.136. The molecule has 164 valence electrons. The van der Waals surface area contributed by atoms with E-state index < -0.39 is 18.8 Å². The van der Waals surface area contributed by atoms with Gasteiger partial charge in [-0.1, -0.05) is 12.1 Å². The molecule has 2 aromatic heterocycles. The molecule has 0 spiro atoms. The molecule has 2 N–H and O–H groups in total. The minimum atomic E-state index is -4.51. The van der Waals surface area contributed by atoms with Crippen LogP contribution in [-0.2, 0) is 13.1 Å². The van der Waals surface area contributed by atoms with Gasteiger partial charge in [0.1, 0.15) is 5.75 Å². The summed E-state index contributed by atoms with van der Waals surface area (Å²) in [5.74, 6) is 0.878. The van der Waals surface area contributed by atoms with E-state index in [4.69, 9.17) is 9.47 Å². The van der Waals surface area contributed by atoms with Crippen LogP contribution in [0.2, 0.25) is 0 Å². The van der Waals surface area contributed by atoms with Crippen LogP contribution in [0.4, 0.5) is 30.8 Å². The van der Waals surface area contributed by atoms with Crippen molar-refractivity contribution in [3.05, 3.63) is 42.2 Å². The molecule has 9 nitrogen and oxygen atoms in total. The van der Waals surface area contributed by atoms with E-state index in [0.29, 0.717) is 25.4 Å². The number of rotatable bonds is 2. The molecule has 0 unspecified atom stereocenters. The molecule has 0 saturated carbocycles. The van der Waals surface area contributed by atoms with Gasteiger partial charge in [0, 0.05) is 19.3 Å². The number of aromatic nitrogens is 5. The van der Waals surface area contributed by atoms with Crippen LogP contribution in [0, 0.1) is 0 Å². The molecular weight excluding hydrogens is 415 g/mol. The van der Waals surface area contributed by atoms with Gasteiger partial charge < -0.3 is 20.1 Å². The first-order valence-corrected chi connectivity index (χ1v) is 9.64. The molecule has 0 saturated heterocycles. The van der Waals surface area contributed by atoms with Crippen LogP contribution in [0.15, 0.2) is 36.7 Å². The summed E-state index contributed by atoms with van der Waals surface area (Å²) in [5.41, 5.74) is 1.51. The van der Waals surface area contributed by atoms with Crippen molar-refractivity contribution in [2.75, 3.05) is 23.8 Å². The van der Waals surface area contributed by atoms with Gasteiger partial charge in [-0.2, -0.15) is 33.2 Å². The lowest BCUT2D eigenvalue weighted by Crippen LogP contribution is -2.20. The standard InChI is InChI=1S/C19H20F3N7O2/c20-19(21,22)12-31-18-27-16-23-9-13-3-5-15(6-4-13)30-8-2-1-7-29-11-14(10-24-29)25-17(26-16)28-18/h3-6,10-11H,1-2,7-9,12H2,(H2,23,25,26,27,28). The molecule has 3 aromatic rings. The molecule has 0 radical (unpaired) electrons. The molecule has 0 amide bonds. The van der Waals surface area contributed by atoms with E-state index in [2.05, 4.69) is 30.7 Å².